The molecule has 0 aromatic heterocycles. The fraction of sp³-hybridized carbons (Fsp3) is 0.0952. The number of carbonyl (C=O) groups excluding carboxylic acids is 3. The van der Waals surface area contributed by atoms with Crippen LogP contribution in [0.5, 0.6) is 5.75 Å². The second-order valence-electron chi connectivity index (χ2n) is 5.79. The Morgan fingerprint density at radius 1 is 1.04 bits per heavy atom. The molecule has 0 unspecified atom stereocenters. The molecule has 1 N–H and O–H groups in total. The second-order valence-corrected chi connectivity index (χ2v) is 5.79. The summed E-state index contributed by atoms with van der Waals surface area (Å²) in [6.07, 6.45) is 0.728. The molecule has 5 nitrogen and oxygen atoms in total. The molecule has 5 heteroatoms. The van der Waals surface area contributed by atoms with E-state index in [4.69, 9.17) is 4.74 Å². The van der Waals surface area contributed by atoms with Crippen molar-refractivity contribution in [2.75, 3.05) is 11.9 Å². The maximum absolute atomic E-state index is 12.1. The summed E-state index contributed by atoms with van der Waals surface area (Å²) in [6, 6.07) is 17.7. The van der Waals surface area contributed by atoms with Gasteiger partial charge in [0.15, 0.2) is 18.7 Å². The van der Waals surface area contributed by atoms with Crippen molar-refractivity contribution in [1.29, 1.82) is 0 Å². The van der Waals surface area contributed by atoms with E-state index in [0.717, 1.165) is 17.1 Å². The van der Waals surface area contributed by atoms with Gasteiger partial charge in [-0.3, -0.25) is 14.4 Å². The molecule has 0 radical (unpaired) electrons. The van der Waals surface area contributed by atoms with Crippen LogP contribution in [0.2, 0.25) is 0 Å². The number of anilines is 1. The summed E-state index contributed by atoms with van der Waals surface area (Å²) in [5, 5.41) is 4.37. The molecule has 0 aliphatic heterocycles. The van der Waals surface area contributed by atoms with E-state index < -0.39 is 0 Å². The van der Waals surface area contributed by atoms with Crippen LogP contribution in [0.25, 0.3) is 10.8 Å². The quantitative estimate of drug-likeness (QED) is 0.543. The summed E-state index contributed by atoms with van der Waals surface area (Å²) in [5.74, 6) is -0.105. The fourth-order valence-corrected chi connectivity index (χ4v) is 2.68. The van der Waals surface area contributed by atoms with Crippen LogP contribution in [-0.2, 0) is 4.79 Å². The van der Waals surface area contributed by atoms with Gasteiger partial charge in [-0.2, -0.15) is 0 Å². The molecule has 0 atom stereocenters. The Kier molecular flexibility index (Phi) is 5.08. The number of ketones is 1. The molecule has 3 rings (SSSR count). The van der Waals surface area contributed by atoms with Crippen molar-refractivity contribution in [3.63, 3.8) is 0 Å². The standard InChI is InChI=1S/C21H17NO4/c1-14(24)16-6-4-7-17(11-16)22-21(25)13-26-20-10-9-15-5-2-3-8-18(15)19(20)12-23/h2-12H,13H2,1H3,(H,22,25). The number of amides is 1. The zero-order valence-corrected chi connectivity index (χ0v) is 14.2. The van der Waals surface area contributed by atoms with E-state index in [1.54, 1.807) is 30.3 Å². The third-order valence-corrected chi connectivity index (χ3v) is 3.96. The van der Waals surface area contributed by atoms with Gasteiger partial charge in [0, 0.05) is 11.3 Å². The number of aldehydes is 1. The Hall–Kier alpha value is -3.47. The van der Waals surface area contributed by atoms with E-state index in [0.29, 0.717) is 22.6 Å². The van der Waals surface area contributed by atoms with Crippen molar-refractivity contribution in [3.8, 4) is 5.75 Å². The van der Waals surface area contributed by atoms with Crippen molar-refractivity contribution in [3.05, 3.63) is 71.8 Å². The molecule has 3 aromatic rings. The molecular weight excluding hydrogens is 330 g/mol. The van der Waals surface area contributed by atoms with E-state index in [-0.39, 0.29) is 18.3 Å². The number of fused-ring (bicyclic) bond motifs is 1. The van der Waals surface area contributed by atoms with Gasteiger partial charge in [0.25, 0.3) is 5.91 Å². The zero-order valence-electron chi connectivity index (χ0n) is 14.2. The Bertz CT molecular complexity index is 994. The summed E-state index contributed by atoms with van der Waals surface area (Å²) in [4.78, 5) is 35.0. The Morgan fingerprint density at radius 2 is 1.85 bits per heavy atom. The summed E-state index contributed by atoms with van der Waals surface area (Å²) < 4.78 is 5.54. The largest absolute Gasteiger partial charge is 0.483 e. The van der Waals surface area contributed by atoms with Gasteiger partial charge in [-0.15, -0.1) is 0 Å². The normalized spacial score (nSPS) is 10.3. The number of rotatable bonds is 6. The molecule has 130 valence electrons. The highest BCUT2D eigenvalue weighted by atomic mass is 16.5. The van der Waals surface area contributed by atoms with Gasteiger partial charge in [0.05, 0.1) is 5.56 Å². The van der Waals surface area contributed by atoms with Crippen LogP contribution in [-0.4, -0.2) is 24.6 Å². The second kappa shape index (κ2) is 7.61. The Labute approximate surface area is 150 Å². The zero-order chi connectivity index (χ0) is 18.5. The minimum Gasteiger partial charge on any atom is -0.483 e. The van der Waals surface area contributed by atoms with Crippen LogP contribution in [0.15, 0.2) is 60.7 Å². The number of ether oxygens (including phenoxy) is 1. The van der Waals surface area contributed by atoms with Crippen LogP contribution in [0.1, 0.15) is 27.6 Å². The lowest BCUT2D eigenvalue weighted by Crippen LogP contribution is -2.20. The third-order valence-electron chi connectivity index (χ3n) is 3.96. The van der Waals surface area contributed by atoms with Gasteiger partial charge >= 0.3 is 0 Å². The molecule has 1 amide bonds. The fourth-order valence-electron chi connectivity index (χ4n) is 2.68. The summed E-state index contributed by atoms with van der Waals surface area (Å²) in [7, 11) is 0. The monoisotopic (exact) mass is 347 g/mol. The van der Waals surface area contributed by atoms with Gasteiger partial charge in [-0.05, 0) is 35.9 Å². The van der Waals surface area contributed by atoms with Crippen LogP contribution in [0.4, 0.5) is 5.69 Å². The van der Waals surface area contributed by atoms with Crippen molar-refractivity contribution in [1.82, 2.24) is 0 Å². The van der Waals surface area contributed by atoms with E-state index in [1.807, 2.05) is 30.3 Å². The molecule has 0 saturated carbocycles. The first-order valence-corrected chi connectivity index (χ1v) is 8.09. The van der Waals surface area contributed by atoms with Crippen LogP contribution in [0, 0.1) is 0 Å². The number of carbonyl (C=O) groups is 3. The maximum Gasteiger partial charge on any atom is 0.262 e. The molecule has 0 aliphatic carbocycles. The topological polar surface area (TPSA) is 72.5 Å². The molecule has 0 saturated heterocycles. The third kappa shape index (κ3) is 3.78. The number of benzene rings is 3. The molecule has 0 spiro atoms. The highest BCUT2D eigenvalue weighted by Gasteiger charge is 2.11. The SMILES string of the molecule is CC(=O)c1cccc(NC(=O)COc2ccc3ccccc3c2C=O)c1. The lowest BCUT2D eigenvalue weighted by molar-refractivity contribution is -0.118. The van der Waals surface area contributed by atoms with Crippen LogP contribution < -0.4 is 10.1 Å². The summed E-state index contributed by atoms with van der Waals surface area (Å²) in [6.45, 7) is 1.22. The molecule has 0 bridgehead atoms. The predicted octanol–water partition coefficient (Wildman–Crippen LogP) is 3.87. The molecule has 0 fully saturated rings. The van der Waals surface area contributed by atoms with E-state index in [1.165, 1.54) is 6.92 Å². The lowest BCUT2D eigenvalue weighted by Gasteiger charge is -2.11. The number of hydrogen-bond donors (Lipinski definition) is 1. The average molecular weight is 347 g/mol. The van der Waals surface area contributed by atoms with Crippen molar-refractivity contribution < 1.29 is 19.1 Å². The van der Waals surface area contributed by atoms with E-state index in [2.05, 4.69) is 5.32 Å². The first kappa shape index (κ1) is 17.4. The smallest absolute Gasteiger partial charge is 0.262 e. The molecular formula is C21H17NO4. The number of nitrogens with one attached hydrogen (secondary N) is 1. The van der Waals surface area contributed by atoms with Crippen molar-refractivity contribution in [2.24, 2.45) is 0 Å². The van der Waals surface area contributed by atoms with E-state index in [9.17, 15) is 14.4 Å². The van der Waals surface area contributed by atoms with Crippen LogP contribution >= 0.6 is 0 Å². The molecule has 0 heterocycles. The highest BCUT2D eigenvalue weighted by Crippen LogP contribution is 2.26. The predicted molar refractivity (Wildman–Crippen MR) is 99.9 cm³/mol. The van der Waals surface area contributed by atoms with Gasteiger partial charge in [0.2, 0.25) is 0 Å². The van der Waals surface area contributed by atoms with Crippen LogP contribution in [0.3, 0.4) is 0 Å². The van der Waals surface area contributed by atoms with Gasteiger partial charge in [-0.1, -0.05) is 42.5 Å². The average Bonchev–Trinajstić information content (AvgIpc) is 2.66. The molecule has 0 aliphatic rings. The Balaban J connectivity index is 1.72. The minimum absolute atomic E-state index is 0.0795. The highest BCUT2D eigenvalue weighted by molar-refractivity contribution is 6.01. The first-order valence-electron chi connectivity index (χ1n) is 8.09. The first-order chi connectivity index (χ1) is 12.6. The molecule has 26 heavy (non-hydrogen) atoms. The van der Waals surface area contributed by atoms with E-state index >= 15 is 0 Å². The van der Waals surface area contributed by atoms with Crippen molar-refractivity contribution in [2.45, 2.75) is 6.92 Å². The van der Waals surface area contributed by atoms with Gasteiger partial charge in [-0.25, -0.2) is 0 Å². The summed E-state index contributed by atoms with van der Waals surface area (Å²) >= 11 is 0. The summed E-state index contributed by atoms with van der Waals surface area (Å²) in [5.41, 5.74) is 1.44. The lowest BCUT2D eigenvalue weighted by atomic mass is 10.0. The van der Waals surface area contributed by atoms with Gasteiger partial charge in [0.1, 0.15) is 5.75 Å². The number of Topliss-reactive ketones (excluding diaryl/α,β-unsaturated/α-hetero) is 1. The van der Waals surface area contributed by atoms with Crippen molar-refractivity contribution >= 4 is 34.4 Å². The maximum atomic E-state index is 12.1. The van der Waals surface area contributed by atoms with Gasteiger partial charge < -0.3 is 10.1 Å². The number of hydrogen-bond acceptors (Lipinski definition) is 4. The molecule has 3 aromatic carbocycles. The Morgan fingerprint density at radius 3 is 2.62 bits per heavy atom. The minimum atomic E-state index is -0.379.